The Balaban J connectivity index is 1.64. The number of hydrogen-bond acceptors (Lipinski definition) is 6. The number of carbonyl (C=O) groups is 3. The lowest BCUT2D eigenvalue weighted by Gasteiger charge is -2.12. The van der Waals surface area contributed by atoms with Crippen molar-refractivity contribution in [3.63, 3.8) is 0 Å². The first-order valence-electron chi connectivity index (χ1n) is 9.08. The molecule has 3 amide bonds. The molecule has 9 nitrogen and oxygen atoms in total. The minimum Gasteiger partial charge on any atom is -0.456 e. The van der Waals surface area contributed by atoms with Crippen LogP contribution in [0, 0.1) is 6.92 Å². The molecule has 0 heterocycles. The molecule has 1 aliphatic carbocycles. The molecule has 28 heavy (non-hydrogen) atoms. The van der Waals surface area contributed by atoms with Gasteiger partial charge in [-0.2, -0.15) is 0 Å². The molecule has 3 N–H and O–H groups in total. The van der Waals surface area contributed by atoms with Crippen molar-refractivity contribution in [1.82, 2.24) is 15.4 Å². The SMILES string of the molecule is Cc1ccc(S(=O)(=O)NCCC(=O)OCC(=O)NC(=O)NC2CCCC2)cc1. The molecule has 0 atom stereocenters. The molecular weight excluding hydrogens is 386 g/mol. The van der Waals surface area contributed by atoms with Crippen LogP contribution in [0.1, 0.15) is 37.7 Å². The molecule has 1 aromatic rings. The van der Waals surface area contributed by atoms with E-state index < -0.39 is 34.5 Å². The van der Waals surface area contributed by atoms with Crippen molar-refractivity contribution in [1.29, 1.82) is 0 Å². The van der Waals surface area contributed by atoms with Crippen LogP contribution in [-0.4, -0.2) is 45.5 Å². The van der Waals surface area contributed by atoms with Gasteiger partial charge in [-0.1, -0.05) is 30.5 Å². The Kier molecular flexibility index (Phi) is 7.94. The summed E-state index contributed by atoms with van der Waals surface area (Å²) < 4.78 is 31.2. The van der Waals surface area contributed by atoms with Crippen molar-refractivity contribution < 1.29 is 27.5 Å². The highest BCUT2D eigenvalue weighted by Crippen LogP contribution is 2.17. The number of hydrogen-bond donors (Lipinski definition) is 3. The number of rotatable bonds is 8. The van der Waals surface area contributed by atoms with Gasteiger partial charge in [-0.05, 0) is 31.9 Å². The van der Waals surface area contributed by atoms with E-state index >= 15 is 0 Å². The van der Waals surface area contributed by atoms with Crippen molar-refractivity contribution in [2.24, 2.45) is 0 Å². The van der Waals surface area contributed by atoms with Crippen LogP contribution in [0.4, 0.5) is 4.79 Å². The molecule has 0 aromatic heterocycles. The van der Waals surface area contributed by atoms with Gasteiger partial charge in [0.15, 0.2) is 6.61 Å². The highest BCUT2D eigenvalue weighted by Gasteiger charge is 2.19. The van der Waals surface area contributed by atoms with Gasteiger partial charge in [0, 0.05) is 12.6 Å². The van der Waals surface area contributed by atoms with E-state index in [9.17, 15) is 22.8 Å². The number of nitrogens with one attached hydrogen (secondary N) is 3. The maximum atomic E-state index is 12.1. The van der Waals surface area contributed by atoms with E-state index in [2.05, 4.69) is 15.4 Å². The minimum absolute atomic E-state index is 0.0666. The van der Waals surface area contributed by atoms with E-state index in [0.29, 0.717) is 0 Å². The molecule has 0 saturated heterocycles. The molecule has 2 rings (SSSR count). The average Bonchev–Trinajstić information content (AvgIpc) is 3.13. The summed E-state index contributed by atoms with van der Waals surface area (Å²) in [6.45, 7) is 1.06. The van der Waals surface area contributed by atoms with Crippen LogP contribution in [0.15, 0.2) is 29.2 Å². The summed E-state index contributed by atoms with van der Waals surface area (Å²) in [5, 5.41) is 4.77. The molecule has 1 saturated carbocycles. The monoisotopic (exact) mass is 411 g/mol. The first-order chi connectivity index (χ1) is 13.3. The summed E-state index contributed by atoms with van der Waals surface area (Å²) in [5.41, 5.74) is 0.928. The molecule has 0 unspecified atom stereocenters. The molecule has 154 valence electrons. The molecule has 10 heteroatoms. The van der Waals surface area contributed by atoms with Gasteiger partial charge in [-0.25, -0.2) is 17.9 Å². The van der Waals surface area contributed by atoms with E-state index in [1.165, 1.54) is 12.1 Å². The van der Waals surface area contributed by atoms with Gasteiger partial charge in [0.1, 0.15) is 0 Å². The minimum atomic E-state index is -3.72. The third kappa shape index (κ3) is 7.28. The first-order valence-corrected chi connectivity index (χ1v) is 10.6. The van der Waals surface area contributed by atoms with Crippen molar-refractivity contribution in [2.45, 2.75) is 50.0 Å². The van der Waals surface area contributed by atoms with Crippen LogP contribution in [-0.2, 0) is 24.3 Å². The normalized spacial score (nSPS) is 14.5. The summed E-state index contributed by atoms with van der Waals surface area (Å²) in [6, 6.07) is 5.73. The maximum absolute atomic E-state index is 12.1. The average molecular weight is 411 g/mol. The van der Waals surface area contributed by atoms with Crippen LogP contribution in [0.3, 0.4) is 0 Å². The fourth-order valence-electron chi connectivity index (χ4n) is 2.76. The molecule has 0 aliphatic heterocycles. The number of urea groups is 1. The lowest BCUT2D eigenvalue weighted by molar-refractivity contribution is -0.148. The summed E-state index contributed by atoms with van der Waals surface area (Å²) in [4.78, 5) is 35.0. The standard InChI is InChI=1S/C18H25N3O6S/c1-13-6-8-15(9-7-13)28(25,26)19-11-10-17(23)27-12-16(22)21-18(24)20-14-4-2-3-5-14/h6-9,14,19H,2-5,10-12H2,1H3,(H2,20,21,22,24). The Labute approximate surface area is 164 Å². The van der Waals surface area contributed by atoms with Gasteiger partial charge in [0.2, 0.25) is 10.0 Å². The van der Waals surface area contributed by atoms with Gasteiger partial charge in [0.25, 0.3) is 5.91 Å². The second-order valence-electron chi connectivity index (χ2n) is 6.62. The molecule has 0 radical (unpaired) electrons. The summed E-state index contributed by atoms with van der Waals surface area (Å²) >= 11 is 0. The Hall–Kier alpha value is -2.46. The Morgan fingerprint density at radius 2 is 1.75 bits per heavy atom. The predicted octanol–water partition coefficient (Wildman–Crippen LogP) is 0.975. The van der Waals surface area contributed by atoms with Crippen molar-refractivity contribution in [3.05, 3.63) is 29.8 Å². The third-order valence-electron chi connectivity index (χ3n) is 4.26. The largest absolute Gasteiger partial charge is 0.456 e. The zero-order chi connectivity index (χ0) is 20.6. The second kappa shape index (κ2) is 10.2. The van der Waals surface area contributed by atoms with Crippen molar-refractivity contribution >= 4 is 27.9 Å². The number of esters is 1. The zero-order valence-electron chi connectivity index (χ0n) is 15.7. The number of amides is 3. The molecule has 1 fully saturated rings. The molecule has 0 bridgehead atoms. The fraction of sp³-hybridized carbons (Fsp3) is 0.500. The van der Waals surface area contributed by atoms with Crippen LogP contribution in [0.2, 0.25) is 0 Å². The number of sulfonamides is 1. The molecular formula is C18H25N3O6S. The van der Waals surface area contributed by atoms with Gasteiger partial charge in [0.05, 0.1) is 11.3 Å². The molecule has 1 aliphatic rings. The van der Waals surface area contributed by atoms with Crippen LogP contribution >= 0.6 is 0 Å². The van der Waals surface area contributed by atoms with Gasteiger partial charge < -0.3 is 10.1 Å². The highest BCUT2D eigenvalue weighted by atomic mass is 32.2. The van der Waals surface area contributed by atoms with E-state index in [1.54, 1.807) is 12.1 Å². The Morgan fingerprint density at radius 1 is 1.11 bits per heavy atom. The van der Waals surface area contributed by atoms with E-state index in [-0.39, 0.29) is 23.9 Å². The maximum Gasteiger partial charge on any atom is 0.321 e. The van der Waals surface area contributed by atoms with Gasteiger partial charge >= 0.3 is 12.0 Å². The lowest BCUT2D eigenvalue weighted by Crippen LogP contribution is -2.45. The van der Waals surface area contributed by atoms with E-state index in [1.807, 2.05) is 6.92 Å². The van der Waals surface area contributed by atoms with Crippen molar-refractivity contribution in [2.75, 3.05) is 13.2 Å². The Morgan fingerprint density at radius 3 is 2.39 bits per heavy atom. The number of carbonyl (C=O) groups excluding carboxylic acids is 3. The van der Waals surface area contributed by atoms with Gasteiger partial charge in [-0.15, -0.1) is 0 Å². The quantitative estimate of drug-likeness (QED) is 0.547. The zero-order valence-corrected chi connectivity index (χ0v) is 16.5. The summed E-state index contributed by atoms with van der Waals surface area (Å²) in [7, 11) is -3.72. The first kappa shape index (κ1) is 21.8. The molecule has 1 aromatic carbocycles. The van der Waals surface area contributed by atoms with E-state index in [0.717, 1.165) is 31.2 Å². The highest BCUT2D eigenvalue weighted by molar-refractivity contribution is 7.89. The number of ether oxygens (including phenoxy) is 1. The van der Waals surface area contributed by atoms with Crippen LogP contribution in [0.5, 0.6) is 0 Å². The number of benzene rings is 1. The summed E-state index contributed by atoms with van der Waals surface area (Å²) in [6.07, 6.45) is 3.62. The lowest BCUT2D eigenvalue weighted by atomic mass is 10.2. The van der Waals surface area contributed by atoms with Crippen LogP contribution in [0.25, 0.3) is 0 Å². The number of aryl methyl sites for hydroxylation is 1. The number of imide groups is 1. The smallest absolute Gasteiger partial charge is 0.321 e. The predicted molar refractivity (Wildman–Crippen MR) is 101 cm³/mol. The molecule has 0 spiro atoms. The fourth-order valence-corrected chi connectivity index (χ4v) is 3.79. The summed E-state index contributed by atoms with van der Waals surface area (Å²) in [5.74, 6) is -1.50. The second-order valence-corrected chi connectivity index (χ2v) is 8.39. The van der Waals surface area contributed by atoms with Crippen molar-refractivity contribution in [3.8, 4) is 0 Å². The van der Waals surface area contributed by atoms with E-state index in [4.69, 9.17) is 4.74 Å². The van der Waals surface area contributed by atoms with Gasteiger partial charge in [-0.3, -0.25) is 14.9 Å². The topological polar surface area (TPSA) is 131 Å². The van der Waals surface area contributed by atoms with Crippen LogP contribution < -0.4 is 15.4 Å². The third-order valence-corrected chi connectivity index (χ3v) is 5.74. The Bertz CT molecular complexity index is 801.